The standard InChI is InChI=1S/C28H42N4O4/c1-2-9-25(21-10-5-3-6-11-21)32(15-16-33)27(35)12-7-4-8-17-36-23-14-13-22-19-31-20-26(34)30-28(31)29-24(22)18-23/h13-14,18,21,25,33H,2-12,15-17,19-20H2,1H3,(H,29,30,34). The summed E-state index contributed by atoms with van der Waals surface area (Å²) < 4.78 is 5.95. The molecule has 2 N–H and O–H groups in total. The van der Waals surface area contributed by atoms with Gasteiger partial charge in [0.25, 0.3) is 0 Å². The molecule has 1 aliphatic carbocycles. The number of unbranched alkanes of at least 4 members (excludes halogenated alkanes) is 2. The molecule has 2 fully saturated rings. The van der Waals surface area contributed by atoms with Crippen LogP contribution in [0.3, 0.4) is 0 Å². The van der Waals surface area contributed by atoms with E-state index in [0.29, 0.717) is 44.5 Å². The van der Waals surface area contributed by atoms with E-state index >= 15 is 0 Å². The number of carbonyl (C=O) groups excluding carboxylic acids is 2. The summed E-state index contributed by atoms with van der Waals surface area (Å²) in [7, 11) is 0. The maximum atomic E-state index is 13.1. The summed E-state index contributed by atoms with van der Waals surface area (Å²) in [6, 6.07) is 6.18. The van der Waals surface area contributed by atoms with Crippen LogP contribution in [0, 0.1) is 5.92 Å². The second-order valence-corrected chi connectivity index (χ2v) is 10.4. The van der Waals surface area contributed by atoms with E-state index in [-0.39, 0.29) is 24.5 Å². The van der Waals surface area contributed by atoms with Gasteiger partial charge in [-0.3, -0.25) is 14.9 Å². The number of aliphatic hydroxyl groups is 1. The lowest BCUT2D eigenvalue weighted by Crippen LogP contribution is -2.46. The zero-order valence-electron chi connectivity index (χ0n) is 21.7. The lowest BCUT2D eigenvalue weighted by Gasteiger charge is -2.39. The molecule has 8 nitrogen and oxygen atoms in total. The molecule has 1 aromatic carbocycles. The Hall–Kier alpha value is -2.61. The lowest BCUT2D eigenvalue weighted by atomic mass is 9.81. The number of ether oxygens (including phenoxy) is 1. The number of fused-ring (bicyclic) bond motifs is 2. The Morgan fingerprint density at radius 3 is 2.83 bits per heavy atom. The summed E-state index contributed by atoms with van der Waals surface area (Å²) >= 11 is 0. The van der Waals surface area contributed by atoms with Crippen LogP contribution in [0.15, 0.2) is 23.2 Å². The Labute approximate surface area is 215 Å². The second-order valence-electron chi connectivity index (χ2n) is 10.4. The fourth-order valence-electron chi connectivity index (χ4n) is 5.84. The molecule has 198 valence electrons. The van der Waals surface area contributed by atoms with Crippen molar-refractivity contribution in [2.45, 2.75) is 90.1 Å². The molecule has 8 heteroatoms. The van der Waals surface area contributed by atoms with E-state index in [1.807, 2.05) is 28.0 Å². The number of nitrogens with one attached hydrogen (secondary N) is 1. The molecule has 3 aliphatic rings. The first-order valence-electron chi connectivity index (χ1n) is 13.9. The molecule has 4 rings (SSSR count). The van der Waals surface area contributed by atoms with Crippen LogP contribution >= 0.6 is 0 Å². The minimum atomic E-state index is -0.0223. The largest absolute Gasteiger partial charge is 0.494 e. The molecule has 1 saturated heterocycles. The van der Waals surface area contributed by atoms with Crippen molar-refractivity contribution >= 4 is 23.5 Å². The molecule has 0 aromatic heterocycles. The van der Waals surface area contributed by atoms with E-state index in [1.54, 1.807) is 0 Å². The molecule has 2 amide bonds. The molecule has 36 heavy (non-hydrogen) atoms. The summed E-state index contributed by atoms with van der Waals surface area (Å²) in [6.07, 6.45) is 11.5. The van der Waals surface area contributed by atoms with Crippen molar-refractivity contribution in [3.05, 3.63) is 23.8 Å². The highest BCUT2D eigenvalue weighted by molar-refractivity contribution is 6.05. The molecule has 2 heterocycles. The van der Waals surface area contributed by atoms with Gasteiger partial charge in [0, 0.05) is 31.6 Å². The SMILES string of the molecule is CCCC(C1CCCCC1)N(CCO)C(=O)CCCCCOc1ccc2c(c1)N=C1NC(=O)CN1C2. The number of aliphatic hydroxyl groups excluding tert-OH is 1. The van der Waals surface area contributed by atoms with Crippen molar-refractivity contribution in [3.63, 3.8) is 0 Å². The van der Waals surface area contributed by atoms with Gasteiger partial charge >= 0.3 is 0 Å². The maximum absolute atomic E-state index is 13.1. The van der Waals surface area contributed by atoms with Crippen molar-refractivity contribution in [1.82, 2.24) is 15.1 Å². The number of carbonyl (C=O) groups is 2. The second kappa shape index (κ2) is 13.1. The third kappa shape index (κ3) is 6.78. The first kappa shape index (κ1) is 26.5. The van der Waals surface area contributed by atoms with Gasteiger partial charge in [0.2, 0.25) is 17.8 Å². The third-order valence-corrected chi connectivity index (χ3v) is 7.67. The lowest BCUT2D eigenvalue weighted by molar-refractivity contribution is -0.136. The summed E-state index contributed by atoms with van der Waals surface area (Å²) in [6.45, 7) is 4.29. The fraction of sp³-hybridized carbons (Fsp3) is 0.679. The van der Waals surface area contributed by atoms with Crippen molar-refractivity contribution in [3.8, 4) is 5.75 Å². The van der Waals surface area contributed by atoms with E-state index < -0.39 is 0 Å². The van der Waals surface area contributed by atoms with Crippen LogP contribution in [0.4, 0.5) is 5.69 Å². The van der Waals surface area contributed by atoms with Crippen LogP contribution in [0.25, 0.3) is 0 Å². The van der Waals surface area contributed by atoms with Crippen molar-refractivity contribution < 1.29 is 19.4 Å². The predicted octanol–water partition coefficient (Wildman–Crippen LogP) is 4.13. The normalized spacial score (nSPS) is 18.2. The molecular weight excluding hydrogens is 456 g/mol. The summed E-state index contributed by atoms with van der Waals surface area (Å²) in [5, 5.41) is 12.4. The topological polar surface area (TPSA) is 94.5 Å². The number of rotatable bonds is 13. The molecule has 0 spiro atoms. The van der Waals surface area contributed by atoms with Crippen LogP contribution in [-0.4, -0.2) is 65.0 Å². The van der Waals surface area contributed by atoms with Crippen LogP contribution in [-0.2, 0) is 16.1 Å². The van der Waals surface area contributed by atoms with E-state index in [2.05, 4.69) is 17.2 Å². The Morgan fingerprint density at radius 1 is 1.22 bits per heavy atom. The molecular formula is C28H42N4O4. The van der Waals surface area contributed by atoms with Gasteiger partial charge in [0.15, 0.2) is 0 Å². The summed E-state index contributed by atoms with van der Waals surface area (Å²) in [4.78, 5) is 33.2. The first-order valence-corrected chi connectivity index (χ1v) is 13.9. The van der Waals surface area contributed by atoms with Crippen molar-refractivity contribution in [1.29, 1.82) is 0 Å². The number of aliphatic imine (C=N–C) groups is 1. The quantitative estimate of drug-likeness (QED) is 0.399. The van der Waals surface area contributed by atoms with Gasteiger partial charge in [-0.25, -0.2) is 4.99 Å². The van der Waals surface area contributed by atoms with Crippen LogP contribution in [0.5, 0.6) is 5.75 Å². The molecule has 0 radical (unpaired) electrons. The van der Waals surface area contributed by atoms with E-state index in [1.165, 1.54) is 32.1 Å². The average Bonchev–Trinajstić information content (AvgIpc) is 3.25. The number of guanidine groups is 1. The number of hydrogen-bond acceptors (Lipinski definition) is 6. The minimum absolute atomic E-state index is 0.0223. The highest BCUT2D eigenvalue weighted by atomic mass is 16.5. The molecule has 1 saturated carbocycles. The summed E-state index contributed by atoms with van der Waals surface area (Å²) in [5.41, 5.74) is 1.93. The zero-order chi connectivity index (χ0) is 25.3. The van der Waals surface area contributed by atoms with Crippen LogP contribution < -0.4 is 10.1 Å². The van der Waals surface area contributed by atoms with E-state index in [9.17, 15) is 14.7 Å². The van der Waals surface area contributed by atoms with Gasteiger partial charge in [0.05, 0.1) is 18.9 Å². The minimum Gasteiger partial charge on any atom is -0.494 e. The van der Waals surface area contributed by atoms with Gasteiger partial charge in [-0.15, -0.1) is 0 Å². The molecule has 1 atom stereocenters. The maximum Gasteiger partial charge on any atom is 0.246 e. The monoisotopic (exact) mass is 498 g/mol. The number of amides is 2. The number of benzene rings is 1. The number of hydrogen-bond donors (Lipinski definition) is 2. The Morgan fingerprint density at radius 2 is 2.06 bits per heavy atom. The van der Waals surface area contributed by atoms with Gasteiger partial charge in [0.1, 0.15) is 12.3 Å². The van der Waals surface area contributed by atoms with Crippen molar-refractivity contribution in [2.24, 2.45) is 10.9 Å². The Kier molecular flexibility index (Phi) is 9.61. The van der Waals surface area contributed by atoms with Gasteiger partial charge in [-0.2, -0.15) is 0 Å². The van der Waals surface area contributed by atoms with Crippen LogP contribution in [0.1, 0.15) is 83.1 Å². The zero-order valence-corrected chi connectivity index (χ0v) is 21.7. The van der Waals surface area contributed by atoms with E-state index in [0.717, 1.165) is 49.1 Å². The number of nitrogens with zero attached hydrogens (tertiary/aromatic N) is 3. The van der Waals surface area contributed by atoms with Crippen molar-refractivity contribution in [2.75, 3.05) is 26.3 Å². The summed E-state index contributed by atoms with van der Waals surface area (Å²) in [5.74, 6) is 2.14. The Bertz CT molecular complexity index is 928. The van der Waals surface area contributed by atoms with E-state index in [4.69, 9.17) is 4.74 Å². The molecule has 1 aromatic rings. The molecule has 1 unspecified atom stereocenters. The average molecular weight is 499 g/mol. The van der Waals surface area contributed by atoms with Gasteiger partial charge < -0.3 is 19.6 Å². The van der Waals surface area contributed by atoms with Gasteiger partial charge in [-0.1, -0.05) is 38.7 Å². The first-order chi connectivity index (χ1) is 17.6. The predicted molar refractivity (Wildman–Crippen MR) is 140 cm³/mol. The molecule has 2 aliphatic heterocycles. The Balaban J connectivity index is 1.20. The fourth-order valence-corrected chi connectivity index (χ4v) is 5.84. The van der Waals surface area contributed by atoms with Crippen LogP contribution in [0.2, 0.25) is 0 Å². The highest BCUT2D eigenvalue weighted by Crippen LogP contribution is 2.32. The smallest absolute Gasteiger partial charge is 0.246 e. The highest BCUT2D eigenvalue weighted by Gasteiger charge is 2.31. The third-order valence-electron chi connectivity index (χ3n) is 7.67. The molecule has 0 bridgehead atoms. The van der Waals surface area contributed by atoms with Gasteiger partial charge in [-0.05, 0) is 56.1 Å².